The van der Waals surface area contributed by atoms with E-state index in [-0.39, 0.29) is 12.2 Å². The number of aliphatic hydroxyl groups is 1. The van der Waals surface area contributed by atoms with Gasteiger partial charge in [-0.1, -0.05) is 11.6 Å². The Morgan fingerprint density at radius 2 is 1.90 bits per heavy atom. The standard InChI is InChI=1S/C16H16F2O2/c1-10-3-6-16(14(7-10)11(2)19)20-9-12-4-5-13(17)8-15(12)18/h3-8,11,19H,9H2,1-2H3/t11-/m0/s1. The Morgan fingerprint density at radius 1 is 1.15 bits per heavy atom. The second-order valence-corrected chi connectivity index (χ2v) is 4.74. The van der Waals surface area contributed by atoms with Crippen LogP contribution in [-0.4, -0.2) is 5.11 Å². The van der Waals surface area contributed by atoms with Crippen LogP contribution >= 0.6 is 0 Å². The molecule has 0 radical (unpaired) electrons. The third-order valence-electron chi connectivity index (χ3n) is 3.01. The first-order chi connectivity index (χ1) is 9.47. The lowest BCUT2D eigenvalue weighted by Gasteiger charge is -2.14. The molecule has 0 unspecified atom stereocenters. The Kier molecular flexibility index (Phi) is 4.35. The Morgan fingerprint density at radius 3 is 2.55 bits per heavy atom. The van der Waals surface area contributed by atoms with Crippen molar-refractivity contribution < 1.29 is 18.6 Å². The van der Waals surface area contributed by atoms with Crippen LogP contribution in [0.1, 0.15) is 29.7 Å². The molecule has 0 heterocycles. The van der Waals surface area contributed by atoms with Gasteiger partial charge in [0.05, 0.1) is 6.10 Å². The summed E-state index contributed by atoms with van der Waals surface area (Å²) in [6.45, 7) is 3.53. The molecule has 2 rings (SSSR count). The van der Waals surface area contributed by atoms with Crippen molar-refractivity contribution in [3.05, 3.63) is 64.7 Å². The van der Waals surface area contributed by atoms with E-state index in [2.05, 4.69) is 0 Å². The van der Waals surface area contributed by atoms with Gasteiger partial charge >= 0.3 is 0 Å². The van der Waals surface area contributed by atoms with Gasteiger partial charge in [-0.25, -0.2) is 8.78 Å². The largest absolute Gasteiger partial charge is 0.488 e. The van der Waals surface area contributed by atoms with Crippen LogP contribution in [0.4, 0.5) is 8.78 Å². The van der Waals surface area contributed by atoms with Crippen molar-refractivity contribution in [2.45, 2.75) is 26.6 Å². The number of rotatable bonds is 4. The average Bonchev–Trinajstić information content (AvgIpc) is 2.38. The molecular formula is C16H16F2O2. The predicted molar refractivity (Wildman–Crippen MR) is 72.5 cm³/mol. The summed E-state index contributed by atoms with van der Waals surface area (Å²) in [4.78, 5) is 0. The van der Waals surface area contributed by atoms with Crippen LogP contribution in [0, 0.1) is 18.6 Å². The van der Waals surface area contributed by atoms with Crippen molar-refractivity contribution in [1.82, 2.24) is 0 Å². The van der Waals surface area contributed by atoms with Crippen molar-refractivity contribution in [3.63, 3.8) is 0 Å². The van der Waals surface area contributed by atoms with Gasteiger partial charge in [0.2, 0.25) is 0 Å². The number of hydrogen-bond donors (Lipinski definition) is 1. The molecule has 0 aliphatic carbocycles. The molecule has 2 aromatic rings. The monoisotopic (exact) mass is 278 g/mol. The summed E-state index contributed by atoms with van der Waals surface area (Å²) in [6.07, 6.45) is -0.678. The minimum absolute atomic E-state index is 0.0190. The molecule has 0 saturated carbocycles. The lowest BCUT2D eigenvalue weighted by atomic mass is 10.1. The summed E-state index contributed by atoms with van der Waals surface area (Å²) >= 11 is 0. The van der Waals surface area contributed by atoms with Gasteiger partial charge in [0.15, 0.2) is 0 Å². The smallest absolute Gasteiger partial charge is 0.132 e. The van der Waals surface area contributed by atoms with Gasteiger partial charge in [0.1, 0.15) is 24.0 Å². The average molecular weight is 278 g/mol. The lowest BCUT2D eigenvalue weighted by Crippen LogP contribution is -2.03. The van der Waals surface area contributed by atoms with E-state index in [0.717, 1.165) is 11.6 Å². The van der Waals surface area contributed by atoms with E-state index in [1.807, 2.05) is 19.1 Å². The fourth-order valence-electron chi connectivity index (χ4n) is 1.92. The molecule has 1 atom stereocenters. The fraction of sp³-hybridized carbons (Fsp3) is 0.250. The minimum atomic E-state index is -0.678. The lowest BCUT2D eigenvalue weighted by molar-refractivity contribution is 0.189. The van der Waals surface area contributed by atoms with E-state index in [1.165, 1.54) is 12.1 Å². The number of aliphatic hydroxyl groups excluding tert-OH is 1. The highest BCUT2D eigenvalue weighted by molar-refractivity contribution is 5.38. The molecule has 0 aliphatic rings. The Bertz CT molecular complexity index is 609. The van der Waals surface area contributed by atoms with E-state index in [0.29, 0.717) is 11.3 Å². The summed E-state index contributed by atoms with van der Waals surface area (Å²) in [5, 5.41) is 9.71. The maximum Gasteiger partial charge on any atom is 0.132 e. The number of aryl methyl sites for hydroxylation is 1. The van der Waals surface area contributed by atoms with Crippen LogP contribution in [0.25, 0.3) is 0 Å². The summed E-state index contributed by atoms with van der Waals surface area (Å²) in [6, 6.07) is 8.76. The van der Waals surface area contributed by atoms with E-state index in [9.17, 15) is 13.9 Å². The number of hydrogen-bond acceptors (Lipinski definition) is 2. The van der Waals surface area contributed by atoms with Crippen LogP contribution in [0.15, 0.2) is 36.4 Å². The molecule has 4 heteroatoms. The van der Waals surface area contributed by atoms with E-state index >= 15 is 0 Å². The predicted octanol–water partition coefficient (Wildman–Crippen LogP) is 3.91. The second-order valence-electron chi connectivity index (χ2n) is 4.74. The summed E-state index contributed by atoms with van der Waals surface area (Å²) < 4.78 is 31.9. The fourth-order valence-corrected chi connectivity index (χ4v) is 1.92. The quantitative estimate of drug-likeness (QED) is 0.919. The zero-order chi connectivity index (χ0) is 14.7. The molecule has 1 N–H and O–H groups in total. The Hall–Kier alpha value is -1.94. The van der Waals surface area contributed by atoms with E-state index < -0.39 is 17.7 Å². The van der Waals surface area contributed by atoms with E-state index in [4.69, 9.17) is 4.74 Å². The summed E-state index contributed by atoms with van der Waals surface area (Å²) in [5.41, 5.74) is 1.91. The number of benzene rings is 2. The van der Waals surface area contributed by atoms with Crippen molar-refractivity contribution in [2.24, 2.45) is 0 Å². The maximum absolute atomic E-state index is 13.5. The SMILES string of the molecule is Cc1ccc(OCc2ccc(F)cc2F)c([C@H](C)O)c1. The first-order valence-corrected chi connectivity index (χ1v) is 6.32. The van der Waals surface area contributed by atoms with Gasteiger partial charge in [0.25, 0.3) is 0 Å². The summed E-state index contributed by atoms with van der Waals surface area (Å²) in [7, 11) is 0. The van der Waals surface area contributed by atoms with Gasteiger partial charge in [-0.3, -0.25) is 0 Å². The Balaban J connectivity index is 2.18. The molecule has 0 spiro atoms. The molecule has 2 nitrogen and oxygen atoms in total. The van der Waals surface area contributed by atoms with Crippen molar-refractivity contribution in [2.75, 3.05) is 0 Å². The second kappa shape index (κ2) is 6.01. The summed E-state index contributed by atoms with van der Waals surface area (Å²) in [5.74, 6) is -0.767. The highest BCUT2D eigenvalue weighted by Crippen LogP contribution is 2.27. The maximum atomic E-state index is 13.5. The number of ether oxygens (including phenoxy) is 1. The number of halogens is 2. The van der Waals surface area contributed by atoms with Crippen LogP contribution in [0.5, 0.6) is 5.75 Å². The van der Waals surface area contributed by atoms with E-state index in [1.54, 1.807) is 13.0 Å². The molecule has 0 bridgehead atoms. The highest BCUT2D eigenvalue weighted by atomic mass is 19.1. The highest BCUT2D eigenvalue weighted by Gasteiger charge is 2.11. The molecule has 0 saturated heterocycles. The van der Waals surface area contributed by atoms with Crippen LogP contribution in [-0.2, 0) is 6.61 Å². The Labute approximate surface area is 116 Å². The molecule has 2 aromatic carbocycles. The molecule has 0 aliphatic heterocycles. The minimum Gasteiger partial charge on any atom is -0.488 e. The first-order valence-electron chi connectivity index (χ1n) is 6.32. The molecule has 20 heavy (non-hydrogen) atoms. The van der Waals surface area contributed by atoms with Crippen LogP contribution in [0.2, 0.25) is 0 Å². The van der Waals surface area contributed by atoms with Gasteiger partial charge in [-0.15, -0.1) is 0 Å². The third kappa shape index (κ3) is 3.33. The van der Waals surface area contributed by atoms with Gasteiger partial charge in [-0.05, 0) is 38.1 Å². The van der Waals surface area contributed by atoms with Gasteiger partial charge < -0.3 is 9.84 Å². The zero-order valence-electron chi connectivity index (χ0n) is 11.4. The van der Waals surface area contributed by atoms with Crippen LogP contribution in [0.3, 0.4) is 0 Å². The molecule has 0 aromatic heterocycles. The normalized spacial score (nSPS) is 12.2. The first kappa shape index (κ1) is 14.5. The topological polar surface area (TPSA) is 29.5 Å². The molecule has 0 fully saturated rings. The van der Waals surface area contributed by atoms with Crippen molar-refractivity contribution in [1.29, 1.82) is 0 Å². The van der Waals surface area contributed by atoms with Crippen molar-refractivity contribution in [3.8, 4) is 5.75 Å². The molecule has 106 valence electrons. The van der Waals surface area contributed by atoms with Gasteiger partial charge in [-0.2, -0.15) is 0 Å². The zero-order valence-corrected chi connectivity index (χ0v) is 11.4. The van der Waals surface area contributed by atoms with Gasteiger partial charge in [0, 0.05) is 17.2 Å². The molecular weight excluding hydrogens is 262 g/mol. The van der Waals surface area contributed by atoms with Crippen LogP contribution < -0.4 is 4.74 Å². The third-order valence-corrected chi connectivity index (χ3v) is 3.01. The molecule has 0 amide bonds. The van der Waals surface area contributed by atoms with Crippen molar-refractivity contribution >= 4 is 0 Å².